The average Bonchev–Trinajstić information content (AvgIpc) is 1.90. The Labute approximate surface area is 117 Å². The maximum atomic E-state index is 10.2. The van der Waals surface area contributed by atoms with E-state index < -0.39 is 5.97 Å². The van der Waals surface area contributed by atoms with Gasteiger partial charge in [-0.05, 0) is 12.1 Å². The molecule has 1 aromatic heterocycles. The third-order valence-electron chi connectivity index (χ3n) is 0.927. The number of carboxylic acids is 1. The van der Waals surface area contributed by atoms with Gasteiger partial charge < -0.3 is 5.11 Å². The monoisotopic (exact) mass is 257 g/mol. The number of aromatic nitrogens is 1. The van der Waals surface area contributed by atoms with E-state index in [0.29, 0.717) is 0 Å². The Kier molecular flexibility index (Phi) is 5.70. The van der Waals surface area contributed by atoms with Crippen LogP contribution in [0.1, 0.15) is 10.4 Å². The molecule has 48 valence electrons. The summed E-state index contributed by atoms with van der Waals surface area (Å²) in [5.41, 5.74) is 0.269. The Morgan fingerprint density at radius 2 is 1.90 bits per heavy atom. The van der Waals surface area contributed by atoms with Crippen molar-refractivity contribution >= 4 is 74.9 Å². The van der Waals surface area contributed by atoms with Crippen molar-refractivity contribution in [3.63, 3.8) is 0 Å². The van der Waals surface area contributed by atoms with Crippen LogP contribution in [-0.4, -0.2) is 85.0 Å². The second-order valence-electron chi connectivity index (χ2n) is 1.54. The first-order valence-electron chi connectivity index (χ1n) is 2.44. The number of hydrogen-bond acceptors (Lipinski definition) is 2. The van der Waals surface area contributed by atoms with Gasteiger partial charge >= 0.3 is 74.9 Å². The fraction of sp³-hybridized carbons (Fsp3) is 0. The maximum absolute atomic E-state index is 10.2. The van der Waals surface area contributed by atoms with Crippen molar-refractivity contribution in [1.29, 1.82) is 0 Å². The van der Waals surface area contributed by atoms with Crippen LogP contribution in [0.4, 0.5) is 0 Å². The van der Waals surface area contributed by atoms with Crippen LogP contribution < -0.4 is 0 Å². The van der Waals surface area contributed by atoms with E-state index in [0.717, 1.165) is 0 Å². The van der Waals surface area contributed by atoms with Crippen LogP contribution in [0.2, 0.25) is 0 Å². The van der Waals surface area contributed by atoms with Crippen molar-refractivity contribution in [1.82, 2.24) is 4.98 Å². The Morgan fingerprint density at radius 1 is 1.40 bits per heavy atom. The number of carboxylic acid groups (broad SMARTS) is 1. The molecule has 1 rings (SSSR count). The zero-order chi connectivity index (χ0) is 6.69. The number of pyridine rings is 1. The molecule has 0 aliphatic rings. The molecular weight excluding hydrogens is 251 g/mol. The summed E-state index contributed by atoms with van der Waals surface area (Å²) in [4.78, 5) is 13.8. The summed E-state index contributed by atoms with van der Waals surface area (Å²) >= 11 is 0. The molecule has 0 aromatic carbocycles. The Balaban J connectivity index is 0.000000810. The van der Waals surface area contributed by atoms with E-state index in [2.05, 4.69) is 4.98 Å². The second-order valence-corrected chi connectivity index (χ2v) is 1.54. The first-order chi connectivity index (χ1) is 4.30. The predicted molar refractivity (Wildman–Crippen MR) is 38.3 cm³/mol. The van der Waals surface area contributed by atoms with E-state index in [1.807, 2.05) is 0 Å². The van der Waals surface area contributed by atoms with E-state index in [9.17, 15) is 4.79 Å². The summed E-state index contributed by atoms with van der Waals surface area (Å²) in [5, 5.41) is 8.36. The Hall–Kier alpha value is 0.672. The topological polar surface area (TPSA) is 50.2 Å². The van der Waals surface area contributed by atoms with Gasteiger partial charge in [-0.15, -0.1) is 0 Å². The molecule has 0 aliphatic heterocycles. The van der Waals surface area contributed by atoms with Gasteiger partial charge in [0.05, 0.1) is 5.56 Å². The number of aromatic carboxylic acids is 1. The number of hydrogen-bond donors (Lipinski definition) is 1. The molecule has 0 spiro atoms. The van der Waals surface area contributed by atoms with E-state index in [4.69, 9.17) is 5.11 Å². The quantitative estimate of drug-likeness (QED) is 0.778. The fourth-order valence-electron chi connectivity index (χ4n) is 0.494. The molecule has 3 nitrogen and oxygen atoms in total. The van der Waals surface area contributed by atoms with Crippen molar-refractivity contribution in [2.24, 2.45) is 0 Å². The second kappa shape index (κ2) is 5.34. The van der Waals surface area contributed by atoms with Gasteiger partial charge in [-0.25, -0.2) is 4.79 Å². The molecule has 0 saturated heterocycles. The fourth-order valence-corrected chi connectivity index (χ4v) is 0.494. The molecule has 0 amide bonds. The molecule has 0 radical (unpaired) electrons. The third-order valence-corrected chi connectivity index (χ3v) is 0.927. The summed E-state index contributed by atoms with van der Waals surface area (Å²) in [6.45, 7) is 0. The molecule has 0 bridgehead atoms. The molecule has 0 fully saturated rings. The van der Waals surface area contributed by atoms with Gasteiger partial charge in [0.25, 0.3) is 0 Å². The van der Waals surface area contributed by atoms with Crippen molar-refractivity contribution in [2.75, 3.05) is 0 Å². The van der Waals surface area contributed by atoms with Crippen LogP contribution in [0.15, 0.2) is 24.5 Å². The first-order valence-corrected chi connectivity index (χ1v) is 2.44. The molecular formula is C6H6CsNO2. The summed E-state index contributed by atoms with van der Waals surface area (Å²) < 4.78 is 0. The summed E-state index contributed by atoms with van der Waals surface area (Å²) in [7, 11) is 0. The minimum absolute atomic E-state index is 0. The molecule has 10 heavy (non-hydrogen) atoms. The Bertz CT molecular complexity index is 212. The van der Waals surface area contributed by atoms with Crippen molar-refractivity contribution in [3.05, 3.63) is 30.1 Å². The zero-order valence-electron chi connectivity index (χ0n) is 4.61. The van der Waals surface area contributed by atoms with Gasteiger partial charge in [-0.2, -0.15) is 0 Å². The summed E-state index contributed by atoms with van der Waals surface area (Å²) in [5.74, 6) is -0.919. The molecule has 1 heterocycles. The number of carbonyl (C=O) groups is 1. The van der Waals surface area contributed by atoms with E-state index in [1.165, 1.54) is 24.5 Å². The van der Waals surface area contributed by atoms with Crippen LogP contribution in [0, 0.1) is 0 Å². The van der Waals surface area contributed by atoms with E-state index in [-0.39, 0.29) is 74.5 Å². The summed E-state index contributed by atoms with van der Waals surface area (Å²) in [6.07, 6.45) is 2.90. The van der Waals surface area contributed by atoms with Gasteiger partial charge in [0.15, 0.2) is 0 Å². The van der Waals surface area contributed by atoms with E-state index in [1.54, 1.807) is 0 Å². The first kappa shape index (κ1) is 10.7. The normalized spacial score (nSPS) is 8.00. The number of nitrogens with zero attached hydrogens (tertiary/aromatic N) is 1. The predicted octanol–water partition coefficient (Wildman–Crippen LogP) is 0.131. The SMILES string of the molecule is O=C(O)c1ccncc1.[CsH]. The minimum atomic E-state index is -0.919. The van der Waals surface area contributed by atoms with Gasteiger partial charge in [0.2, 0.25) is 0 Å². The van der Waals surface area contributed by atoms with Crippen LogP contribution in [-0.2, 0) is 0 Å². The van der Waals surface area contributed by atoms with Gasteiger partial charge in [-0.3, -0.25) is 4.98 Å². The average molecular weight is 257 g/mol. The van der Waals surface area contributed by atoms with Crippen molar-refractivity contribution in [3.8, 4) is 0 Å². The van der Waals surface area contributed by atoms with Crippen LogP contribution in [0.25, 0.3) is 0 Å². The third kappa shape index (κ3) is 3.18. The van der Waals surface area contributed by atoms with Gasteiger partial charge in [0.1, 0.15) is 0 Å². The molecule has 4 heteroatoms. The molecule has 0 saturated carbocycles. The molecule has 1 N–H and O–H groups in total. The van der Waals surface area contributed by atoms with Gasteiger partial charge in [0, 0.05) is 12.4 Å². The van der Waals surface area contributed by atoms with Crippen molar-refractivity contribution in [2.45, 2.75) is 0 Å². The van der Waals surface area contributed by atoms with Crippen molar-refractivity contribution < 1.29 is 9.90 Å². The zero-order valence-corrected chi connectivity index (χ0v) is 4.61. The standard InChI is InChI=1S/C6H5NO2.Cs.H/c8-6(9)5-1-3-7-4-2-5;;/h1-4H,(H,8,9);;. The van der Waals surface area contributed by atoms with Crippen LogP contribution in [0.5, 0.6) is 0 Å². The molecule has 1 aromatic rings. The Morgan fingerprint density at radius 3 is 2.20 bits per heavy atom. The van der Waals surface area contributed by atoms with Crippen LogP contribution in [0.3, 0.4) is 0 Å². The number of rotatable bonds is 1. The molecule has 0 aliphatic carbocycles. The molecule has 0 unspecified atom stereocenters. The summed E-state index contributed by atoms with van der Waals surface area (Å²) in [6, 6.07) is 2.89. The van der Waals surface area contributed by atoms with Crippen LogP contribution >= 0.6 is 0 Å². The van der Waals surface area contributed by atoms with E-state index >= 15 is 0 Å². The molecule has 0 atom stereocenters. The van der Waals surface area contributed by atoms with Gasteiger partial charge in [-0.1, -0.05) is 0 Å².